The van der Waals surface area contributed by atoms with Crippen molar-refractivity contribution in [3.8, 4) is 0 Å². The number of likely N-dealkylation sites (tertiary alicyclic amines) is 1. The van der Waals surface area contributed by atoms with E-state index in [0.717, 1.165) is 30.6 Å². The highest BCUT2D eigenvalue weighted by atomic mass is 16.2. The molecule has 0 spiro atoms. The number of piperidine rings is 1. The number of para-hydroxylation sites is 1. The maximum Gasteiger partial charge on any atom is 0.255 e. The van der Waals surface area contributed by atoms with Crippen LogP contribution in [0.2, 0.25) is 0 Å². The van der Waals surface area contributed by atoms with E-state index < -0.39 is 0 Å². The first-order valence-electron chi connectivity index (χ1n) is 9.18. The van der Waals surface area contributed by atoms with Crippen molar-refractivity contribution in [1.82, 2.24) is 4.90 Å². The van der Waals surface area contributed by atoms with Crippen LogP contribution in [-0.4, -0.2) is 43.8 Å². The second kappa shape index (κ2) is 8.17. The number of hydrogen-bond donors (Lipinski definition) is 0. The van der Waals surface area contributed by atoms with Gasteiger partial charge >= 0.3 is 0 Å². The standard InChI is InChI=1S/C22H26N2O2/c1-23(2)20-13-7-6-12-19(20)22(26)24-14-8-11-18(16-24)21(25)15-17-9-4-3-5-10-17/h3-7,9-10,12-13,18H,8,11,14-16H2,1-2H3/t18-/m0/s1. The lowest BCUT2D eigenvalue weighted by Crippen LogP contribution is -2.43. The average molecular weight is 350 g/mol. The van der Waals surface area contributed by atoms with Crippen LogP contribution in [0.5, 0.6) is 0 Å². The number of carbonyl (C=O) groups is 2. The molecule has 1 amide bonds. The third-order valence-corrected chi connectivity index (χ3v) is 5.00. The summed E-state index contributed by atoms with van der Waals surface area (Å²) in [4.78, 5) is 29.5. The second-order valence-corrected chi connectivity index (χ2v) is 7.13. The van der Waals surface area contributed by atoms with Gasteiger partial charge in [-0.25, -0.2) is 0 Å². The largest absolute Gasteiger partial charge is 0.377 e. The van der Waals surface area contributed by atoms with Gasteiger partial charge in [-0.1, -0.05) is 42.5 Å². The van der Waals surface area contributed by atoms with Crippen LogP contribution in [-0.2, 0) is 11.2 Å². The molecule has 1 atom stereocenters. The van der Waals surface area contributed by atoms with E-state index in [1.807, 2.05) is 78.5 Å². The highest BCUT2D eigenvalue weighted by Gasteiger charge is 2.29. The minimum absolute atomic E-state index is 0.0199. The Balaban J connectivity index is 1.70. The van der Waals surface area contributed by atoms with Crippen LogP contribution in [0, 0.1) is 5.92 Å². The van der Waals surface area contributed by atoms with Crippen molar-refractivity contribution in [2.24, 2.45) is 5.92 Å². The van der Waals surface area contributed by atoms with E-state index in [1.54, 1.807) is 0 Å². The van der Waals surface area contributed by atoms with Gasteiger partial charge in [0.2, 0.25) is 0 Å². The number of carbonyl (C=O) groups excluding carboxylic acids is 2. The fourth-order valence-electron chi connectivity index (χ4n) is 3.58. The zero-order valence-corrected chi connectivity index (χ0v) is 15.5. The van der Waals surface area contributed by atoms with Crippen LogP contribution in [0.25, 0.3) is 0 Å². The molecule has 4 nitrogen and oxygen atoms in total. The quantitative estimate of drug-likeness (QED) is 0.830. The summed E-state index contributed by atoms with van der Waals surface area (Å²) in [5, 5.41) is 0. The van der Waals surface area contributed by atoms with Crippen molar-refractivity contribution in [2.75, 3.05) is 32.1 Å². The number of amides is 1. The van der Waals surface area contributed by atoms with Crippen molar-refractivity contribution in [3.63, 3.8) is 0 Å². The summed E-state index contributed by atoms with van der Waals surface area (Å²) < 4.78 is 0. The normalized spacial score (nSPS) is 17.0. The lowest BCUT2D eigenvalue weighted by molar-refractivity contribution is -0.123. The van der Waals surface area contributed by atoms with Gasteiger partial charge in [0, 0.05) is 45.2 Å². The minimum Gasteiger partial charge on any atom is -0.377 e. The van der Waals surface area contributed by atoms with Gasteiger partial charge in [0.1, 0.15) is 5.78 Å². The predicted octanol–water partition coefficient (Wildman–Crippen LogP) is 3.42. The van der Waals surface area contributed by atoms with E-state index in [0.29, 0.717) is 18.5 Å². The Hall–Kier alpha value is -2.62. The summed E-state index contributed by atoms with van der Waals surface area (Å²) in [6.45, 7) is 1.24. The minimum atomic E-state index is -0.0700. The maximum atomic E-state index is 13.0. The highest BCUT2D eigenvalue weighted by Crippen LogP contribution is 2.24. The molecule has 1 aliphatic rings. The Labute approximate surface area is 155 Å². The van der Waals surface area contributed by atoms with Gasteiger partial charge in [0.25, 0.3) is 5.91 Å². The molecule has 2 aromatic carbocycles. The molecule has 0 unspecified atom stereocenters. The van der Waals surface area contributed by atoms with Crippen molar-refractivity contribution >= 4 is 17.4 Å². The molecule has 4 heteroatoms. The number of hydrogen-bond acceptors (Lipinski definition) is 3. The van der Waals surface area contributed by atoms with E-state index in [9.17, 15) is 9.59 Å². The fraction of sp³-hybridized carbons (Fsp3) is 0.364. The van der Waals surface area contributed by atoms with E-state index >= 15 is 0 Å². The van der Waals surface area contributed by atoms with Gasteiger partial charge in [-0.3, -0.25) is 9.59 Å². The lowest BCUT2D eigenvalue weighted by atomic mass is 9.90. The first-order chi connectivity index (χ1) is 12.6. The summed E-state index contributed by atoms with van der Waals surface area (Å²) in [6, 6.07) is 17.5. The fourth-order valence-corrected chi connectivity index (χ4v) is 3.58. The summed E-state index contributed by atoms with van der Waals surface area (Å²) in [6.07, 6.45) is 2.19. The van der Waals surface area contributed by atoms with Crippen LogP contribution < -0.4 is 4.90 Å². The summed E-state index contributed by atoms with van der Waals surface area (Å²) in [5.41, 5.74) is 2.66. The van der Waals surface area contributed by atoms with Gasteiger partial charge in [0.15, 0.2) is 0 Å². The van der Waals surface area contributed by atoms with Crippen LogP contribution in [0.3, 0.4) is 0 Å². The summed E-state index contributed by atoms with van der Waals surface area (Å²) >= 11 is 0. The first kappa shape index (κ1) is 18.2. The number of benzene rings is 2. The number of nitrogens with zero attached hydrogens (tertiary/aromatic N) is 2. The molecule has 0 bridgehead atoms. The topological polar surface area (TPSA) is 40.6 Å². The van der Waals surface area contributed by atoms with E-state index in [2.05, 4.69) is 0 Å². The molecule has 1 fully saturated rings. The Kier molecular flexibility index (Phi) is 5.71. The SMILES string of the molecule is CN(C)c1ccccc1C(=O)N1CCC[C@H](C(=O)Cc2ccccc2)C1. The molecule has 136 valence electrons. The highest BCUT2D eigenvalue weighted by molar-refractivity contribution is 6.00. The summed E-state index contributed by atoms with van der Waals surface area (Å²) in [5.74, 6) is 0.181. The second-order valence-electron chi connectivity index (χ2n) is 7.13. The zero-order chi connectivity index (χ0) is 18.5. The number of Topliss-reactive ketones (excluding diaryl/α,β-unsaturated/α-hetero) is 1. The number of rotatable bonds is 5. The maximum absolute atomic E-state index is 13.0. The van der Waals surface area contributed by atoms with E-state index in [-0.39, 0.29) is 17.6 Å². The van der Waals surface area contributed by atoms with Gasteiger partial charge in [-0.05, 0) is 30.5 Å². The molecule has 26 heavy (non-hydrogen) atoms. The molecule has 0 aromatic heterocycles. The molecular formula is C22H26N2O2. The average Bonchev–Trinajstić information content (AvgIpc) is 2.68. The lowest BCUT2D eigenvalue weighted by Gasteiger charge is -2.33. The number of anilines is 1. The smallest absolute Gasteiger partial charge is 0.255 e. The molecule has 1 heterocycles. The van der Waals surface area contributed by atoms with Crippen molar-refractivity contribution in [3.05, 3.63) is 65.7 Å². The van der Waals surface area contributed by atoms with Crippen LogP contribution in [0.15, 0.2) is 54.6 Å². The van der Waals surface area contributed by atoms with Gasteiger partial charge in [-0.2, -0.15) is 0 Å². The number of ketones is 1. The van der Waals surface area contributed by atoms with Crippen molar-refractivity contribution in [2.45, 2.75) is 19.3 Å². The molecule has 0 N–H and O–H groups in total. The molecule has 0 saturated carbocycles. The van der Waals surface area contributed by atoms with Crippen molar-refractivity contribution < 1.29 is 9.59 Å². The van der Waals surface area contributed by atoms with Gasteiger partial charge < -0.3 is 9.80 Å². The molecule has 1 aliphatic heterocycles. The third kappa shape index (κ3) is 4.13. The van der Waals surface area contributed by atoms with Gasteiger partial charge in [-0.15, -0.1) is 0 Å². The molecular weight excluding hydrogens is 324 g/mol. The predicted molar refractivity (Wildman–Crippen MR) is 105 cm³/mol. The van der Waals surface area contributed by atoms with Crippen LogP contribution >= 0.6 is 0 Å². The molecule has 2 aromatic rings. The molecule has 0 radical (unpaired) electrons. The van der Waals surface area contributed by atoms with E-state index in [4.69, 9.17) is 0 Å². The molecule has 1 saturated heterocycles. The third-order valence-electron chi connectivity index (χ3n) is 5.00. The molecule has 3 rings (SSSR count). The van der Waals surface area contributed by atoms with E-state index in [1.165, 1.54) is 0 Å². The van der Waals surface area contributed by atoms with Crippen LogP contribution in [0.1, 0.15) is 28.8 Å². The summed E-state index contributed by atoms with van der Waals surface area (Å²) in [7, 11) is 3.88. The Morgan fingerprint density at radius 3 is 2.46 bits per heavy atom. The Morgan fingerprint density at radius 1 is 1.04 bits per heavy atom. The first-order valence-corrected chi connectivity index (χ1v) is 9.18. The Morgan fingerprint density at radius 2 is 1.73 bits per heavy atom. The Bertz CT molecular complexity index is 771. The van der Waals surface area contributed by atoms with Crippen LogP contribution in [0.4, 0.5) is 5.69 Å². The van der Waals surface area contributed by atoms with Crippen molar-refractivity contribution in [1.29, 1.82) is 0 Å². The monoisotopic (exact) mass is 350 g/mol. The molecule has 0 aliphatic carbocycles. The van der Waals surface area contributed by atoms with Gasteiger partial charge in [0.05, 0.1) is 5.56 Å². The zero-order valence-electron chi connectivity index (χ0n) is 15.5.